The third-order valence-electron chi connectivity index (χ3n) is 4.50. The third kappa shape index (κ3) is 4.95. The molecule has 3 rings (SSSR count). The molecule has 0 radical (unpaired) electrons. The third-order valence-corrected chi connectivity index (χ3v) is 4.50. The second-order valence-electron chi connectivity index (χ2n) is 6.83. The smallest absolute Gasteiger partial charge is 0.389 e. The Labute approximate surface area is 166 Å². The van der Waals surface area contributed by atoms with E-state index in [1.54, 1.807) is 42.0 Å². The van der Waals surface area contributed by atoms with Crippen molar-refractivity contribution in [3.63, 3.8) is 0 Å². The molecule has 0 spiro atoms. The minimum absolute atomic E-state index is 0.0252. The number of ether oxygens (including phenoxy) is 2. The molecule has 3 aromatic rings. The number of aromatic nitrogens is 2. The van der Waals surface area contributed by atoms with Gasteiger partial charge in [0.15, 0.2) is 0 Å². The number of nitrogens with zero attached hydrogens (tertiary/aromatic N) is 2. The number of hydrogen-bond donors (Lipinski definition) is 1. The van der Waals surface area contributed by atoms with Crippen LogP contribution in [-0.4, -0.2) is 47.2 Å². The van der Waals surface area contributed by atoms with Gasteiger partial charge in [0.2, 0.25) is 0 Å². The Hall–Kier alpha value is -2.42. The molecular weight excluding hydrogens is 385 g/mol. The summed E-state index contributed by atoms with van der Waals surface area (Å²) in [5.41, 5.74) is 0.400. The van der Waals surface area contributed by atoms with Gasteiger partial charge in [0.25, 0.3) is 0 Å². The summed E-state index contributed by atoms with van der Waals surface area (Å²) < 4.78 is 52.8. The summed E-state index contributed by atoms with van der Waals surface area (Å²) in [6, 6.07) is 12.4. The Morgan fingerprint density at radius 2 is 1.76 bits per heavy atom. The molecule has 0 saturated carbocycles. The molecule has 0 amide bonds. The summed E-state index contributed by atoms with van der Waals surface area (Å²) >= 11 is 0. The first-order chi connectivity index (χ1) is 13.8. The Balaban J connectivity index is 1.98. The molecule has 0 bridgehead atoms. The molecule has 1 N–H and O–H groups in total. The number of alkyl halides is 3. The first-order valence-corrected chi connectivity index (χ1v) is 9.21. The van der Waals surface area contributed by atoms with Crippen LogP contribution in [0.5, 0.6) is 0 Å². The highest BCUT2D eigenvalue weighted by Gasteiger charge is 2.34. The van der Waals surface area contributed by atoms with E-state index < -0.39 is 17.8 Å². The van der Waals surface area contributed by atoms with Crippen LogP contribution < -0.4 is 0 Å². The predicted octanol–water partition coefficient (Wildman–Crippen LogP) is 4.13. The van der Waals surface area contributed by atoms with Crippen molar-refractivity contribution in [3.05, 3.63) is 54.1 Å². The van der Waals surface area contributed by atoms with Crippen LogP contribution in [0.25, 0.3) is 22.4 Å². The van der Waals surface area contributed by atoms with Crippen LogP contribution in [0, 0.1) is 0 Å². The number of imidazole rings is 1. The van der Waals surface area contributed by atoms with Crippen molar-refractivity contribution < 1.29 is 27.8 Å². The van der Waals surface area contributed by atoms with Crippen molar-refractivity contribution in [1.82, 2.24) is 9.55 Å². The first kappa shape index (κ1) is 21.3. The van der Waals surface area contributed by atoms with Crippen molar-refractivity contribution in [1.29, 1.82) is 0 Å². The molecule has 2 atom stereocenters. The maximum absolute atomic E-state index is 13.5. The van der Waals surface area contributed by atoms with Gasteiger partial charge in [-0.25, -0.2) is 4.98 Å². The number of benzene rings is 2. The SMILES string of the molecule is COCC(C)OCC(O)Cn1c(-c2ccccc2C(F)(F)F)nc2ccccc21. The zero-order chi connectivity index (χ0) is 21.0. The largest absolute Gasteiger partial charge is 0.417 e. The number of rotatable bonds is 8. The van der Waals surface area contributed by atoms with Gasteiger partial charge in [-0.1, -0.05) is 30.3 Å². The van der Waals surface area contributed by atoms with Crippen LogP contribution in [-0.2, 0) is 22.2 Å². The van der Waals surface area contributed by atoms with E-state index >= 15 is 0 Å². The maximum Gasteiger partial charge on any atom is 0.417 e. The van der Waals surface area contributed by atoms with Crippen molar-refractivity contribution >= 4 is 11.0 Å². The first-order valence-electron chi connectivity index (χ1n) is 9.21. The van der Waals surface area contributed by atoms with Crippen LogP contribution >= 0.6 is 0 Å². The molecule has 1 aromatic heterocycles. The van der Waals surface area contributed by atoms with Gasteiger partial charge in [0.1, 0.15) is 5.82 Å². The molecule has 0 aliphatic rings. The highest BCUT2D eigenvalue weighted by atomic mass is 19.4. The van der Waals surface area contributed by atoms with E-state index in [1.165, 1.54) is 12.1 Å². The molecule has 2 unspecified atom stereocenters. The monoisotopic (exact) mass is 408 g/mol. The fourth-order valence-corrected chi connectivity index (χ4v) is 3.21. The molecule has 0 aliphatic heterocycles. The number of hydrogen-bond acceptors (Lipinski definition) is 4. The number of para-hydroxylation sites is 2. The van der Waals surface area contributed by atoms with Crippen LogP contribution in [0.4, 0.5) is 13.2 Å². The molecule has 29 heavy (non-hydrogen) atoms. The van der Waals surface area contributed by atoms with Crippen LogP contribution in [0.15, 0.2) is 48.5 Å². The Kier molecular flexibility index (Phi) is 6.56. The lowest BCUT2D eigenvalue weighted by Crippen LogP contribution is -2.26. The minimum atomic E-state index is -4.52. The number of aliphatic hydroxyl groups excluding tert-OH is 1. The van der Waals surface area contributed by atoms with Crippen molar-refractivity contribution in [3.8, 4) is 11.4 Å². The van der Waals surface area contributed by atoms with Gasteiger partial charge in [-0.3, -0.25) is 0 Å². The zero-order valence-electron chi connectivity index (χ0n) is 16.2. The fourth-order valence-electron chi connectivity index (χ4n) is 3.21. The molecule has 8 heteroatoms. The van der Waals surface area contributed by atoms with Gasteiger partial charge in [0.05, 0.1) is 48.6 Å². The quantitative estimate of drug-likeness (QED) is 0.609. The Morgan fingerprint density at radius 3 is 2.48 bits per heavy atom. The van der Waals surface area contributed by atoms with Crippen molar-refractivity contribution in [2.75, 3.05) is 20.3 Å². The molecule has 0 aliphatic carbocycles. The summed E-state index contributed by atoms with van der Waals surface area (Å²) in [5.74, 6) is 0.156. The molecule has 0 saturated heterocycles. The van der Waals surface area contributed by atoms with Gasteiger partial charge >= 0.3 is 6.18 Å². The lowest BCUT2D eigenvalue weighted by atomic mass is 10.1. The zero-order valence-corrected chi connectivity index (χ0v) is 16.2. The molecule has 5 nitrogen and oxygen atoms in total. The van der Waals surface area contributed by atoms with E-state index in [0.29, 0.717) is 17.6 Å². The van der Waals surface area contributed by atoms with E-state index in [2.05, 4.69) is 4.98 Å². The van der Waals surface area contributed by atoms with Gasteiger partial charge in [-0.15, -0.1) is 0 Å². The van der Waals surface area contributed by atoms with E-state index in [9.17, 15) is 18.3 Å². The van der Waals surface area contributed by atoms with Crippen LogP contribution in [0.2, 0.25) is 0 Å². The number of aliphatic hydroxyl groups is 1. The molecule has 2 aromatic carbocycles. The Bertz CT molecular complexity index is 956. The second-order valence-corrected chi connectivity index (χ2v) is 6.83. The lowest BCUT2D eigenvalue weighted by Gasteiger charge is -2.19. The molecule has 1 heterocycles. The normalized spacial score (nSPS) is 14.3. The van der Waals surface area contributed by atoms with Gasteiger partial charge < -0.3 is 19.1 Å². The molecule has 156 valence electrons. The van der Waals surface area contributed by atoms with Crippen molar-refractivity contribution in [2.45, 2.75) is 31.9 Å². The van der Waals surface area contributed by atoms with Crippen LogP contribution in [0.1, 0.15) is 12.5 Å². The standard InChI is InChI=1S/C21H23F3N2O3/c1-14(12-28-2)29-13-15(27)11-26-19-10-6-5-9-18(19)25-20(26)16-7-3-4-8-17(16)21(22,23)24/h3-10,14-15,27H,11-13H2,1-2H3. The predicted molar refractivity (Wildman–Crippen MR) is 103 cm³/mol. The molecular formula is C21H23F3N2O3. The second kappa shape index (κ2) is 8.94. The summed E-state index contributed by atoms with van der Waals surface area (Å²) in [6.45, 7) is 2.26. The van der Waals surface area contributed by atoms with Gasteiger partial charge in [-0.05, 0) is 25.1 Å². The van der Waals surface area contributed by atoms with Crippen LogP contribution in [0.3, 0.4) is 0 Å². The maximum atomic E-state index is 13.5. The summed E-state index contributed by atoms with van der Waals surface area (Å²) in [7, 11) is 1.55. The molecule has 0 fully saturated rings. The van der Waals surface area contributed by atoms with Gasteiger partial charge in [0, 0.05) is 12.7 Å². The number of fused-ring (bicyclic) bond motifs is 1. The summed E-state index contributed by atoms with van der Waals surface area (Å²) in [6.07, 6.45) is -5.65. The Morgan fingerprint density at radius 1 is 1.07 bits per heavy atom. The lowest BCUT2D eigenvalue weighted by molar-refractivity contribution is -0.137. The van der Waals surface area contributed by atoms with E-state index in [4.69, 9.17) is 9.47 Å². The topological polar surface area (TPSA) is 56.5 Å². The number of halogens is 3. The van der Waals surface area contributed by atoms with E-state index in [-0.39, 0.29) is 30.6 Å². The van der Waals surface area contributed by atoms with Crippen molar-refractivity contribution in [2.24, 2.45) is 0 Å². The average molecular weight is 408 g/mol. The number of methoxy groups -OCH3 is 1. The van der Waals surface area contributed by atoms with Gasteiger partial charge in [-0.2, -0.15) is 13.2 Å². The minimum Gasteiger partial charge on any atom is -0.389 e. The highest BCUT2D eigenvalue weighted by molar-refractivity contribution is 5.81. The fraction of sp³-hybridized carbons (Fsp3) is 0.381. The summed E-state index contributed by atoms with van der Waals surface area (Å²) in [5, 5.41) is 10.5. The summed E-state index contributed by atoms with van der Waals surface area (Å²) in [4.78, 5) is 4.43. The highest BCUT2D eigenvalue weighted by Crippen LogP contribution is 2.37. The average Bonchev–Trinajstić information content (AvgIpc) is 3.04. The van der Waals surface area contributed by atoms with E-state index in [1.807, 2.05) is 6.92 Å². The van der Waals surface area contributed by atoms with E-state index in [0.717, 1.165) is 6.07 Å².